The van der Waals surface area contributed by atoms with Crippen LogP contribution in [0.5, 0.6) is 0 Å². The van der Waals surface area contributed by atoms with Gasteiger partial charge >= 0.3 is 0 Å². The number of aromatic nitrogens is 2. The van der Waals surface area contributed by atoms with Crippen molar-refractivity contribution in [3.8, 4) is 0 Å². The molecular weight excluding hydrogens is 323 g/mol. The summed E-state index contributed by atoms with van der Waals surface area (Å²) >= 11 is 1.83. The van der Waals surface area contributed by atoms with Gasteiger partial charge in [0, 0.05) is 36.3 Å². The first-order valence-corrected chi connectivity index (χ1v) is 9.49. The Kier molecular flexibility index (Phi) is 4.67. The molecule has 2 aromatic rings. The van der Waals surface area contributed by atoms with E-state index >= 15 is 0 Å². The van der Waals surface area contributed by atoms with Gasteiger partial charge < -0.3 is 10.2 Å². The molecular formula is C18H21FN4S. The predicted molar refractivity (Wildman–Crippen MR) is 94.9 cm³/mol. The van der Waals surface area contributed by atoms with Gasteiger partial charge in [-0.2, -0.15) is 5.10 Å². The maximum absolute atomic E-state index is 13.7. The van der Waals surface area contributed by atoms with Gasteiger partial charge in [-0.1, -0.05) is 0 Å². The molecule has 0 radical (unpaired) electrons. The molecule has 1 aromatic carbocycles. The number of thioether (sulfide) groups is 1. The van der Waals surface area contributed by atoms with Crippen molar-refractivity contribution in [2.75, 3.05) is 23.7 Å². The zero-order valence-corrected chi connectivity index (χ0v) is 14.3. The van der Waals surface area contributed by atoms with E-state index in [1.807, 2.05) is 30.0 Å². The standard InChI is InChI=1S/C18H21FN4S/c19-13-5-6-17-15(11-13)16(7-10-24-17)21-14-3-2-9-23(12-14)18-4-1-8-20-22-18/h1,4-6,8,11,14,16,21H,2-3,7,9-10,12H2/t14-,16+/m0/s1. The lowest BCUT2D eigenvalue weighted by molar-refractivity contribution is 0.366. The SMILES string of the molecule is Fc1ccc2c(c1)[C@H](N[C@H]1CCCN(c3cccnn3)C1)CCS2. The van der Waals surface area contributed by atoms with Gasteiger partial charge in [0.15, 0.2) is 5.82 Å². The third-order valence-corrected chi connectivity index (χ3v) is 5.87. The Morgan fingerprint density at radius 3 is 3.08 bits per heavy atom. The van der Waals surface area contributed by atoms with E-state index in [0.717, 1.165) is 49.5 Å². The van der Waals surface area contributed by atoms with Gasteiger partial charge in [-0.3, -0.25) is 0 Å². The van der Waals surface area contributed by atoms with Crippen molar-refractivity contribution in [3.63, 3.8) is 0 Å². The molecule has 4 nitrogen and oxygen atoms in total. The normalized spacial score (nSPS) is 23.8. The van der Waals surface area contributed by atoms with Crippen LogP contribution in [0.4, 0.5) is 10.2 Å². The van der Waals surface area contributed by atoms with Crippen molar-refractivity contribution in [1.82, 2.24) is 15.5 Å². The largest absolute Gasteiger partial charge is 0.354 e. The molecule has 24 heavy (non-hydrogen) atoms. The zero-order valence-electron chi connectivity index (χ0n) is 13.5. The Labute approximate surface area is 145 Å². The van der Waals surface area contributed by atoms with Crippen molar-refractivity contribution >= 4 is 17.6 Å². The van der Waals surface area contributed by atoms with Gasteiger partial charge in [0.05, 0.1) is 0 Å². The Hall–Kier alpha value is -1.66. The van der Waals surface area contributed by atoms with Crippen molar-refractivity contribution in [1.29, 1.82) is 0 Å². The van der Waals surface area contributed by atoms with Crippen LogP contribution in [-0.4, -0.2) is 35.1 Å². The molecule has 4 rings (SSSR count). The van der Waals surface area contributed by atoms with Crippen molar-refractivity contribution in [2.45, 2.75) is 36.2 Å². The van der Waals surface area contributed by atoms with E-state index in [-0.39, 0.29) is 11.9 Å². The van der Waals surface area contributed by atoms with Crippen LogP contribution in [0.2, 0.25) is 0 Å². The average molecular weight is 344 g/mol. The number of fused-ring (bicyclic) bond motifs is 1. The number of piperidine rings is 1. The maximum atomic E-state index is 13.7. The monoisotopic (exact) mass is 344 g/mol. The Morgan fingerprint density at radius 1 is 1.25 bits per heavy atom. The summed E-state index contributed by atoms with van der Waals surface area (Å²) in [5.41, 5.74) is 1.11. The van der Waals surface area contributed by atoms with E-state index in [9.17, 15) is 4.39 Å². The average Bonchev–Trinajstić information content (AvgIpc) is 2.63. The molecule has 1 saturated heterocycles. The van der Waals surface area contributed by atoms with E-state index < -0.39 is 0 Å². The smallest absolute Gasteiger partial charge is 0.151 e. The summed E-state index contributed by atoms with van der Waals surface area (Å²) < 4.78 is 13.7. The van der Waals surface area contributed by atoms with Crippen LogP contribution in [-0.2, 0) is 0 Å². The molecule has 0 saturated carbocycles. The van der Waals surface area contributed by atoms with E-state index in [1.54, 1.807) is 18.3 Å². The fourth-order valence-electron chi connectivity index (χ4n) is 3.61. The van der Waals surface area contributed by atoms with Gasteiger partial charge in [0.2, 0.25) is 0 Å². The molecule has 0 aliphatic carbocycles. The summed E-state index contributed by atoms with van der Waals surface area (Å²) in [6, 6.07) is 9.74. The van der Waals surface area contributed by atoms with Crippen molar-refractivity contribution in [2.24, 2.45) is 0 Å². The highest BCUT2D eigenvalue weighted by atomic mass is 32.2. The number of nitrogens with zero attached hydrogens (tertiary/aromatic N) is 3. The third-order valence-electron chi connectivity index (χ3n) is 4.75. The van der Waals surface area contributed by atoms with Crippen LogP contribution in [0.25, 0.3) is 0 Å². The van der Waals surface area contributed by atoms with Crippen LogP contribution >= 0.6 is 11.8 Å². The van der Waals surface area contributed by atoms with Crippen LogP contribution in [0.3, 0.4) is 0 Å². The number of benzene rings is 1. The van der Waals surface area contributed by atoms with E-state index in [2.05, 4.69) is 20.4 Å². The van der Waals surface area contributed by atoms with Gasteiger partial charge in [0.1, 0.15) is 5.82 Å². The van der Waals surface area contributed by atoms with Gasteiger partial charge in [-0.25, -0.2) is 4.39 Å². The molecule has 1 aromatic heterocycles. The third kappa shape index (κ3) is 3.39. The fourth-order valence-corrected chi connectivity index (χ4v) is 4.71. The summed E-state index contributed by atoms with van der Waals surface area (Å²) in [5.74, 6) is 1.87. The molecule has 3 heterocycles. The molecule has 0 amide bonds. The van der Waals surface area contributed by atoms with E-state index in [4.69, 9.17) is 0 Å². The number of nitrogens with one attached hydrogen (secondary N) is 1. The molecule has 0 spiro atoms. The highest BCUT2D eigenvalue weighted by molar-refractivity contribution is 7.99. The molecule has 2 aliphatic heterocycles. The Bertz CT molecular complexity index is 697. The molecule has 6 heteroatoms. The fraction of sp³-hybridized carbons (Fsp3) is 0.444. The highest BCUT2D eigenvalue weighted by Gasteiger charge is 2.27. The minimum absolute atomic E-state index is 0.145. The van der Waals surface area contributed by atoms with Crippen LogP contribution in [0.1, 0.15) is 30.9 Å². The summed E-state index contributed by atoms with van der Waals surface area (Å²) in [4.78, 5) is 3.50. The number of rotatable bonds is 3. The summed E-state index contributed by atoms with van der Waals surface area (Å²) in [5, 5.41) is 12.0. The number of halogens is 1. The Balaban J connectivity index is 1.47. The Morgan fingerprint density at radius 2 is 2.21 bits per heavy atom. The second-order valence-electron chi connectivity index (χ2n) is 6.41. The van der Waals surface area contributed by atoms with Gasteiger partial charge in [-0.05, 0) is 60.9 Å². The number of anilines is 1. The topological polar surface area (TPSA) is 41.0 Å². The lowest BCUT2D eigenvalue weighted by atomic mass is 9.99. The van der Waals surface area contributed by atoms with Crippen molar-refractivity contribution < 1.29 is 4.39 Å². The second kappa shape index (κ2) is 7.07. The summed E-state index contributed by atoms with van der Waals surface area (Å²) in [6.45, 7) is 1.94. The molecule has 1 fully saturated rings. The molecule has 0 bridgehead atoms. The number of hydrogen-bond acceptors (Lipinski definition) is 5. The van der Waals surface area contributed by atoms with E-state index in [0.29, 0.717) is 6.04 Å². The lowest BCUT2D eigenvalue weighted by Crippen LogP contribution is -2.47. The molecule has 2 atom stereocenters. The minimum atomic E-state index is -0.145. The molecule has 2 aliphatic rings. The van der Waals surface area contributed by atoms with Crippen LogP contribution in [0.15, 0.2) is 41.4 Å². The van der Waals surface area contributed by atoms with Gasteiger partial charge in [0.25, 0.3) is 0 Å². The maximum Gasteiger partial charge on any atom is 0.151 e. The predicted octanol–water partition coefficient (Wildman–Crippen LogP) is 3.41. The molecule has 126 valence electrons. The number of hydrogen-bond donors (Lipinski definition) is 1. The van der Waals surface area contributed by atoms with Crippen LogP contribution in [0, 0.1) is 5.82 Å². The highest BCUT2D eigenvalue weighted by Crippen LogP contribution is 2.37. The van der Waals surface area contributed by atoms with Gasteiger partial charge in [-0.15, -0.1) is 16.9 Å². The molecule has 1 N–H and O–H groups in total. The van der Waals surface area contributed by atoms with E-state index in [1.165, 1.54) is 4.90 Å². The first-order valence-electron chi connectivity index (χ1n) is 8.50. The quantitative estimate of drug-likeness (QED) is 0.924. The summed E-state index contributed by atoms with van der Waals surface area (Å²) in [7, 11) is 0. The summed E-state index contributed by atoms with van der Waals surface area (Å²) in [6.07, 6.45) is 5.02. The first-order chi connectivity index (χ1) is 11.8. The molecule has 0 unspecified atom stereocenters. The lowest BCUT2D eigenvalue weighted by Gasteiger charge is -2.37. The minimum Gasteiger partial charge on any atom is -0.354 e. The second-order valence-corrected chi connectivity index (χ2v) is 7.54. The van der Waals surface area contributed by atoms with Crippen molar-refractivity contribution in [3.05, 3.63) is 47.9 Å². The zero-order chi connectivity index (χ0) is 16.4. The first kappa shape index (κ1) is 15.8. The van der Waals surface area contributed by atoms with Crippen LogP contribution < -0.4 is 10.2 Å².